The molecule has 118 valence electrons. The van der Waals surface area contributed by atoms with Gasteiger partial charge in [-0.05, 0) is 41.5 Å². The number of hydrogen-bond donors (Lipinski definition) is 0. The van der Waals surface area contributed by atoms with Gasteiger partial charge in [0, 0.05) is 30.2 Å². The van der Waals surface area contributed by atoms with Crippen molar-refractivity contribution in [1.82, 2.24) is 14.4 Å². The highest BCUT2D eigenvalue weighted by Gasteiger charge is 2.07. The molecule has 24 heavy (non-hydrogen) atoms. The first-order chi connectivity index (χ1) is 11.7. The Kier molecular flexibility index (Phi) is 3.46. The Hall–Kier alpha value is -3.21. The third-order valence-electron chi connectivity index (χ3n) is 3.85. The highest BCUT2D eigenvalue weighted by Crippen LogP contribution is 2.24. The van der Waals surface area contributed by atoms with Crippen molar-refractivity contribution in [3.8, 4) is 28.3 Å². The second kappa shape index (κ2) is 5.77. The van der Waals surface area contributed by atoms with E-state index in [1.807, 2.05) is 41.1 Å². The van der Waals surface area contributed by atoms with Gasteiger partial charge in [-0.3, -0.25) is 0 Å². The van der Waals surface area contributed by atoms with E-state index < -0.39 is 0 Å². The number of fused-ring (bicyclic) bond motifs is 1. The fourth-order valence-corrected chi connectivity index (χ4v) is 2.62. The maximum Gasteiger partial charge on any atom is 0.212 e. The van der Waals surface area contributed by atoms with Crippen LogP contribution >= 0.6 is 0 Å². The first-order valence-electron chi connectivity index (χ1n) is 7.48. The van der Waals surface area contributed by atoms with Crippen molar-refractivity contribution < 1.29 is 9.13 Å². The Bertz CT molecular complexity index is 1010. The summed E-state index contributed by atoms with van der Waals surface area (Å²) in [5, 5.41) is 0. The van der Waals surface area contributed by atoms with Crippen LogP contribution in [0.5, 0.6) is 5.88 Å². The second-order valence-corrected chi connectivity index (χ2v) is 5.41. The van der Waals surface area contributed by atoms with Gasteiger partial charge in [-0.15, -0.1) is 0 Å². The first kappa shape index (κ1) is 14.4. The molecule has 4 nitrogen and oxygen atoms in total. The Morgan fingerprint density at radius 2 is 1.83 bits per heavy atom. The molecule has 5 heteroatoms. The number of rotatable bonds is 3. The van der Waals surface area contributed by atoms with Gasteiger partial charge in [-0.2, -0.15) is 0 Å². The van der Waals surface area contributed by atoms with Crippen LogP contribution in [0.3, 0.4) is 0 Å². The summed E-state index contributed by atoms with van der Waals surface area (Å²) in [6.07, 6.45) is 5.60. The summed E-state index contributed by atoms with van der Waals surface area (Å²) in [4.78, 5) is 8.80. The largest absolute Gasteiger partial charge is 0.481 e. The van der Waals surface area contributed by atoms with E-state index in [0.717, 1.165) is 28.0 Å². The molecule has 3 aromatic heterocycles. The van der Waals surface area contributed by atoms with Crippen LogP contribution in [-0.4, -0.2) is 21.5 Å². The van der Waals surface area contributed by atoms with Crippen molar-refractivity contribution in [3.05, 3.63) is 72.9 Å². The van der Waals surface area contributed by atoms with E-state index in [9.17, 15) is 4.39 Å². The van der Waals surface area contributed by atoms with E-state index in [1.54, 1.807) is 25.4 Å². The molecule has 3 heterocycles. The monoisotopic (exact) mass is 319 g/mol. The molecule has 1 aromatic carbocycles. The molecule has 0 fully saturated rings. The van der Waals surface area contributed by atoms with Crippen LogP contribution in [0.25, 0.3) is 28.0 Å². The molecule has 0 aliphatic heterocycles. The number of pyridine rings is 2. The molecule has 0 spiro atoms. The Balaban J connectivity index is 1.75. The van der Waals surface area contributed by atoms with Crippen LogP contribution < -0.4 is 4.74 Å². The third kappa shape index (κ3) is 2.60. The average Bonchev–Trinajstić information content (AvgIpc) is 3.05. The predicted molar refractivity (Wildman–Crippen MR) is 90.4 cm³/mol. The number of halogens is 1. The van der Waals surface area contributed by atoms with Crippen molar-refractivity contribution in [2.75, 3.05) is 7.11 Å². The predicted octanol–water partition coefficient (Wildman–Crippen LogP) is 4.21. The number of nitrogens with zero attached hydrogens (tertiary/aromatic N) is 3. The van der Waals surface area contributed by atoms with Crippen molar-refractivity contribution in [1.29, 1.82) is 0 Å². The number of methoxy groups -OCH3 is 1. The lowest BCUT2D eigenvalue weighted by molar-refractivity contribution is 0.398. The molecule has 0 saturated carbocycles. The minimum atomic E-state index is -0.247. The molecule has 0 unspecified atom stereocenters. The van der Waals surface area contributed by atoms with Crippen LogP contribution in [0.15, 0.2) is 67.1 Å². The fourth-order valence-electron chi connectivity index (χ4n) is 2.62. The van der Waals surface area contributed by atoms with Crippen molar-refractivity contribution in [2.24, 2.45) is 0 Å². The SMILES string of the molecule is COc1ccc(-c2cn3cc(-c4cccc(F)c4)ccc3n2)cn1. The molecular formula is C19H14FN3O. The van der Waals surface area contributed by atoms with Gasteiger partial charge in [0.25, 0.3) is 0 Å². The normalized spacial score (nSPS) is 10.9. The van der Waals surface area contributed by atoms with Gasteiger partial charge in [0.05, 0.1) is 12.8 Å². The van der Waals surface area contributed by atoms with Gasteiger partial charge in [0.1, 0.15) is 11.5 Å². The van der Waals surface area contributed by atoms with Crippen LogP contribution in [0.2, 0.25) is 0 Å². The topological polar surface area (TPSA) is 39.4 Å². The lowest BCUT2D eigenvalue weighted by Crippen LogP contribution is -1.87. The van der Waals surface area contributed by atoms with Crippen molar-refractivity contribution in [3.63, 3.8) is 0 Å². The van der Waals surface area contributed by atoms with E-state index in [1.165, 1.54) is 12.1 Å². The van der Waals surface area contributed by atoms with E-state index in [2.05, 4.69) is 9.97 Å². The molecule has 0 aliphatic carbocycles. The lowest BCUT2D eigenvalue weighted by Gasteiger charge is -2.02. The standard InChI is InChI=1S/C19H14FN3O/c1-24-19-8-6-14(10-21-19)17-12-23-11-15(5-7-18(23)22-17)13-3-2-4-16(20)9-13/h2-12H,1H3. The first-order valence-corrected chi connectivity index (χ1v) is 7.48. The molecular weight excluding hydrogens is 305 g/mol. The van der Waals surface area contributed by atoms with Crippen molar-refractivity contribution in [2.45, 2.75) is 0 Å². The summed E-state index contributed by atoms with van der Waals surface area (Å²) in [5.41, 5.74) is 4.31. The summed E-state index contributed by atoms with van der Waals surface area (Å²) >= 11 is 0. The van der Waals surface area contributed by atoms with Gasteiger partial charge in [-0.25, -0.2) is 14.4 Å². The summed E-state index contributed by atoms with van der Waals surface area (Å²) in [6, 6.07) is 14.1. The molecule has 0 atom stereocenters. The van der Waals surface area contributed by atoms with Gasteiger partial charge >= 0.3 is 0 Å². The van der Waals surface area contributed by atoms with Crippen molar-refractivity contribution >= 4 is 5.65 Å². The summed E-state index contributed by atoms with van der Waals surface area (Å²) in [7, 11) is 1.58. The average molecular weight is 319 g/mol. The van der Waals surface area contributed by atoms with Crippen LogP contribution in [0, 0.1) is 5.82 Å². The molecule has 0 radical (unpaired) electrons. The molecule has 4 aromatic rings. The molecule has 0 saturated heterocycles. The molecule has 0 amide bonds. The lowest BCUT2D eigenvalue weighted by atomic mass is 10.1. The minimum Gasteiger partial charge on any atom is -0.481 e. The van der Waals surface area contributed by atoms with Crippen LogP contribution in [0.4, 0.5) is 4.39 Å². The molecule has 0 aliphatic rings. The number of benzene rings is 1. The maximum absolute atomic E-state index is 13.4. The zero-order valence-electron chi connectivity index (χ0n) is 13.0. The van der Waals surface area contributed by atoms with Gasteiger partial charge in [0.15, 0.2) is 0 Å². The van der Waals surface area contributed by atoms with E-state index in [-0.39, 0.29) is 5.82 Å². The fraction of sp³-hybridized carbons (Fsp3) is 0.0526. The van der Waals surface area contributed by atoms with Crippen LogP contribution in [-0.2, 0) is 0 Å². The van der Waals surface area contributed by atoms with E-state index >= 15 is 0 Å². The van der Waals surface area contributed by atoms with Gasteiger partial charge in [-0.1, -0.05) is 12.1 Å². The van der Waals surface area contributed by atoms with Crippen LogP contribution in [0.1, 0.15) is 0 Å². The summed E-state index contributed by atoms with van der Waals surface area (Å²) < 4.78 is 20.4. The number of hydrogen-bond acceptors (Lipinski definition) is 3. The number of aromatic nitrogens is 3. The number of imidazole rings is 1. The Morgan fingerprint density at radius 1 is 0.958 bits per heavy atom. The second-order valence-electron chi connectivity index (χ2n) is 5.41. The molecule has 0 N–H and O–H groups in total. The van der Waals surface area contributed by atoms with E-state index in [4.69, 9.17) is 4.74 Å². The van der Waals surface area contributed by atoms with E-state index in [0.29, 0.717) is 5.88 Å². The molecule has 0 bridgehead atoms. The zero-order chi connectivity index (χ0) is 16.5. The Labute approximate surface area is 138 Å². The summed E-state index contributed by atoms with van der Waals surface area (Å²) in [5.74, 6) is 0.319. The highest BCUT2D eigenvalue weighted by molar-refractivity contribution is 5.67. The Morgan fingerprint density at radius 3 is 2.58 bits per heavy atom. The quantitative estimate of drug-likeness (QED) is 0.568. The third-order valence-corrected chi connectivity index (χ3v) is 3.85. The maximum atomic E-state index is 13.4. The van der Waals surface area contributed by atoms with Gasteiger partial charge in [0.2, 0.25) is 5.88 Å². The van der Waals surface area contributed by atoms with Gasteiger partial charge < -0.3 is 9.14 Å². The minimum absolute atomic E-state index is 0.247. The smallest absolute Gasteiger partial charge is 0.212 e. The molecule has 4 rings (SSSR count). The number of ether oxygens (including phenoxy) is 1. The zero-order valence-corrected chi connectivity index (χ0v) is 13.0. The summed E-state index contributed by atoms with van der Waals surface area (Å²) in [6.45, 7) is 0. The highest BCUT2D eigenvalue weighted by atomic mass is 19.1.